The molecule has 10 heteroatoms. The van der Waals surface area contributed by atoms with Crippen LogP contribution < -0.4 is 0 Å². The van der Waals surface area contributed by atoms with E-state index >= 15 is 0 Å². The van der Waals surface area contributed by atoms with Crippen LogP contribution in [0.1, 0.15) is 38.5 Å². The topological polar surface area (TPSA) is 161 Å². The Kier molecular flexibility index (Phi) is 8.75. The average Bonchev–Trinajstić information content (AvgIpc) is 2.37. The Morgan fingerprint density at radius 1 is 0.591 bits per heavy atom. The predicted octanol–water partition coefficient (Wildman–Crippen LogP) is -0.364. The van der Waals surface area contributed by atoms with Gasteiger partial charge in [-0.05, 0) is 12.8 Å². The van der Waals surface area contributed by atoms with Gasteiger partial charge in [0.15, 0.2) is 0 Å². The predicted molar refractivity (Wildman–Crippen MR) is 65.2 cm³/mol. The molecule has 0 fully saturated rings. The highest BCUT2D eigenvalue weighted by atomic mass is 16.6. The summed E-state index contributed by atoms with van der Waals surface area (Å²) in [5.41, 5.74) is 0. The van der Waals surface area contributed by atoms with E-state index in [0.29, 0.717) is 0 Å². The van der Waals surface area contributed by atoms with E-state index in [2.05, 4.69) is 9.47 Å². The fourth-order valence-electron chi connectivity index (χ4n) is 1.16. The number of aliphatic carboxylic acids is 2. The van der Waals surface area contributed by atoms with E-state index in [-0.39, 0.29) is 25.7 Å². The summed E-state index contributed by atoms with van der Waals surface area (Å²) >= 11 is 0. The van der Waals surface area contributed by atoms with Gasteiger partial charge in [-0.25, -0.2) is 9.59 Å². The average molecular weight is 318 g/mol. The monoisotopic (exact) mass is 318 g/mol. The maximum Gasteiger partial charge on any atom is 0.425 e. The first-order valence-corrected chi connectivity index (χ1v) is 6.15. The molecule has 0 aliphatic heterocycles. The zero-order valence-corrected chi connectivity index (χ0v) is 11.4. The highest BCUT2D eigenvalue weighted by Gasteiger charge is 2.24. The largest absolute Gasteiger partial charge is 0.481 e. The zero-order valence-electron chi connectivity index (χ0n) is 11.4. The van der Waals surface area contributed by atoms with Crippen LogP contribution in [0.4, 0.5) is 0 Å². The summed E-state index contributed by atoms with van der Waals surface area (Å²) in [5.74, 6) is -7.92. The lowest BCUT2D eigenvalue weighted by molar-refractivity contribution is -0.177. The number of rotatable bonds is 8. The number of esters is 4. The number of carbonyl (C=O) groups excluding carboxylic acids is 4. The third-order valence-corrected chi connectivity index (χ3v) is 2.12. The van der Waals surface area contributed by atoms with Crippen LogP contribution in [0.25, 0.3) is 0 Å². The highest BCUT2D eigenvalue weighted by molar-refractivity contribution is 6.33. The molecule has 0 saturated heterocycles. The molecular formula is C12H14O10. The van der Waals surface area contributed by atoms with Gasteiger partial charge >= 0.3 is 35.8 Å². The molecule has 0 aromatic heterocycles. The van der Waals surface area contributed by atoms with Crippen molar-refractivity contribution < 1.29 is 48.5 Å². The molecule has 0 radical (unpaired) electrons. The molecule has 0 aromatic rings. The SMILES string of the molecule is O=C(O)CCCC(=O)OC(=O)C(=O)OC(=O)CCCC(=O)O. The van der Waals surface area contributed by atoms with Crippen LogP contribution in [0, 0.1) is 0 Å². The molecule has 0 aromatic carbocycles. The number of hydrogen-bond donors (Lipinski definition) is 2. The van der Waals surface area contributed by atoms with Gasteiger partial charge in [0.05, 0.1) is 0 Å². The summed E-state index contributed by atoms with van der Waals surface area (Å²) in [4.78, 5) is 64.7. The molecule has 0 amide bonds. The van der Waals surface area contributed by atoms with E-state index in [1.54, 1.807) is 0 Å². The van der Waals surface area contributed by atoms with Crippen molar-refractivity contribution in [3.05, 3.63) is 0 Å². The van der Waals surface area contributed by atoms with Crippen LogP contribution in [0.3, 0.4) is 0 Å². The molecule has 0 aliphatic carbocycles. The van der Waals surface area contributed by atoms with Gasteiger partial charge in [-0.3, -0.25) is 19.2 Å². The first-order valence-electron chi connectivity index (χ1n) is 6.15. The second kappa shape index (κ2) is 10.0. The van der Waals surface area contributed by atoms with Crippen molar-refractivity contribution in [3.8, 4) is 0 Å². The number of carboxylic acid groups (broad SMARTS) is 2. The standard InChI is InChI=1S/C12H14O10/c13-7(14)3-1-5-9(17)21-11(19)12(20)22-10(18)6-2-4-8(15)16/h1-6H2,(H,13,14)(H,15,16). The van der Waals surface area contributed by atoms with Gasteiger partial charge in [0.25, 0.3) is 0 Å². The fraction of sp³-hybridized carbons (Fsp3) is 0.500. The van der Waals surface area contributed by atoms with Crippen LogP contribution >= 0.6 is 0 Å². The van der Waals surface area contributed by atoms with Gasteiger partial charge in [0.2, 0.25) is 0 Å². The molecule has 122 valence electrons. The third-order valence-electron chi connectivity index (χ3n) is 2.12. The number of carboxylic acids is 2. The van der Waals surface area contributed by atoms with Crippen LogP contribution in [0.2, 0.25) is 0 Å². The maximum absolute atomic E-state index is 11.1. The first kappa shape index (κ1) is 19.2. The number of ether oxygens (including phenoxy) is 2. The third kappa shape index (κ3) is 10.1. The van der Waals surface area contributed by atoms with Crippen LogP contribution in [0.15, 0.2) is 0 Å². The van der Waals surface area contributed by atoms with Crippen LogP contribution in [-0.2, 0) is 38.2 Å². The summed E-state index contributed by atoms with van der Waals surface area (Å²) in [6, 6.07) is 0. The summed E-state index contributed by atoms with van der Waals surface area (Å²) in [6.45, 7) is 0. The Hall–Kier alpha value is -2.78. The van der Waals surface area contributed by atoms with Crippen molar-refractivity contribution in [3.63, 3.8) is 0 Å². The van der Waals surface area contributed by atoms with Crippen molar-refractivity contribution in [2.24, 2.45) is 0 Å². The maximum atomic E-state index is 11.1. The quantitative estimate of drug-likeness (QED) is 0.343. The highest BCUT2D eigenvalue weighted by Crippen LogP contribution is 2.01. The summed E-state index contributed by atoms with van der Waals surface area (Å²) in [6.07, 6.45) is -1.56. The van der Waals surface area contributed by atoms with Gasteiger partial charge in [0.1, 0.15) is 0 Å². The lowest BCUT2D eigenvalue weighted by Crippen LogP contribution is -2.25. The van der Waals surface area contributed by atoms with Gasteiger partial charge in [-0.1, -0.05) is 0 Å². The van der Waals surface area contributed by atoms with Crippen LogP contribution in [-0.4, -0.2) is 46.0 Å². The summed E-state index contributed by atoms with van der Waals surface area (Å²) in [7, 11) is 0. The van der Waals surface area contributed by atoms with Crippen molar-refractivity contribution in [1.29, 1.82) is 0 Å². The fourth-order valence-corrected chi connectivity index (χ4v) is 1.16. The summed E-state index contributed by atoms with van der Waals surface area (Å²) in [5, 5.41) is 16.7. The van der Waals surface area contributed by atoms with Crippen molar-refractivity contribution in [1.82, 2.24) is 0 Å². The van der Waals surface area contributed by atoms with Crippen molar-refractivity contribution >= 4 is 35.8 Å². The molecule has 0 unspecified atom stereocenters. The molecule has 10 nitrogen and oxygen atoms in total. The van der Waals surface area contributed by atoms with Crippen LogP contribution in [0.5, 0.6) is 0 Å². The minimum atomic E-state index is -1.70. The molecule has 22 heavy (non-hydrogen) atoms. The van der Waals surface area contributed by atoms with E-state index < -0.39 is 48.7 Å². The van der Waals surface area contributed by atoms with Gasteiger partial charge in [0, 0.05) is 25.7 Å². The molecule has 0 heterocycles. The van der Waals surface area contributed by atoms with Crippen molar-refractivity contribution in [2.75, 3.05) is 0 Å². The van der Waals surface area contributed by atoms with E-state index in [1.165, 1.54) is 0 Å². The molecular weight excluding hydrogens is 304 g/mol. The second-order valence-corrected chi connectivity index (χ2v) is 4.02. The minimum Gasteiger partial charge on any atom is -0.481 e. The van der Waals surface area contributed by atoms with E-state index in [0.717, 1.165) is 0 Å². The normalized spacial score (nSPS) is 9.64. The second-order valence-electron chi connectivity index (χ2n) is 4.02. The molecule has 0 aliphatic rings. The Morgan fingerprint density at radius 3 is 1.18 bits per heavy atom. The van der Waals surface area contributed by atoms with Gasteiger partial charge in [-0.15, -0.1) is 0 Å². The Balaban J connectivity index is 4.02. The lowest BCUT2D eigenvalue weighted by Gasteiger charge is -2.02. The van der Waals surface area contributed by atoms with E-state index in [9.17, 15) is 28.8 Å². The van der Waals surface area contributed by atoms with Gasteiger partial charge in [-0.2, -0.15) is 0 Å². The Bertz CT molecular complexity index is 434. The number of carbonyl (C=O) groups is 6. The van der Waals surface area contributed by atoms with Gasteiger partial charge < -0.3 is 19.7 Å². The molecule has 0 rings (SSSR count). The lowest BCUT2D eigenvalue weighted by atomic mass is 10.2. The Labute approximate surface area is 124 Å². The van der Waals surface area contributed by atoms with Crippen molar-refractivity contribution in [2.45, 2.75) is 38.5 Å². The number of hydrogen-bond acceptors (Lipinski definition) is 8. The molecule has 2 N–H and O–H groups in total. The first-order chi connectivity index (χ1) is 10.2. The molecule has 0 spiro atoms. The Morgan fingerprint density at radius 2 is 0.909 bits per heavy atom. The minimum absolute atomic E-state index is 0.0788. The summed E-state index contributed by atoms with van der Waals surface area (Å²) < 4.78 is 8.09. The smallest absolute Gasteiger partial charge is 0.425 e. The zero-order chi connectivity index (χ0) is 17.1. The molecule has 0 saturated carbocycles. The molecule has 0 bridgehead atoms. The van der Waals surface area contributed by atoms with E-state index in [4.69, 9.17) is 10.2 Å². The molecule has 0 atom stereocenters. The van der Waals surface area contributed by atoms with E-state index in [1.807, 2.05) is 0 Å².